The Hall–Kier alpha value is -0.590. The second kappa shape index (κ2) is 2.97. The summed E-state index contributed by atoms with van der Waals surface area (Å²) in [6.45, 7) is 4.39. The van der Waals surface area contributed by atoms with E-state index in [1.807, 2.05) is 0 Å². The standard InChI is InChI=1S/C12H18O/c1-9-5-3-6-10-7-4-8-11(13)12(9,10)2/h6,9H,3-5,7-8H2,1-2H3. The molecule has 0 spiro atoms. The lowest BCUT2D eigenvalue weighted by atomic mass is 9.60. The molecular weight excluding hydrogens is 160 g/mol. The fourth-order valence-corrected chi connectivity index (χ4v) is 2.84. The molecular formula is C12H18O. The first-order valence-electron chi connectivity index (χ1n) is 5.38. The van der Waals surface area contributed by atoms with Gasteiger partial charge in [0, 0.05) is 11.8 Å². The van der Waals surface area contributed by atoms with Gasteiger partial charge in [-0.15, -0.1) is 0 Å². The highest BCUT2D eigenvalue weighted by Crippen LogP contribution is 2.48. The molecule has 13 heavy (non-hydrogen) atoms. The van der Waals surface area contributed by atoms with Gasteiger partial charge in [-0.25, -0.2) is 0 Å². The van der Waals surface area contributed by atoms with Gasteiger partial charge < -0.3 is 0 Å². The lowest BCUT2D eigenvalue weighted by molar-refractivity contribution is -0.130. The quantitative estimate of drug-likeness (QED) is 0.521. The van der Waals surface area contributed by atoms with E-state index < -0.39 is 0 Å². The molecule has 1 fully saturated rings. The number of allylic oxidation sites excluding steroid dienone is 2. The third-order valence-corrected chi connectivity index (χ3v) is 4.07. The Labute approximate surface area is 80.2 Å². The second-order valence-corrected chi connectivity index (χ2v) is 4.69. The minimum absolute atomic E-state index is 0.0868. The van der Waals surface area contributed by atoms with Crippen molar-refractivity contribution in [1.82, 2.24) is 0 Å². The maximum atomic E-state index is 11.9. The zero-order chi connectivity index (χ0) is 9.47. The Balaban J connectivity index is 2.40. The molecule has 0 N–H and O–H groups in total. The monoisotopic (exact) mass is 178 g/mol. The Morgan fingerprint density at radius 1 is 1.46 bits per heavy atom. The summed E-state index contributed by atoms with van der Waals surface area (Å²) < 4.78 is 0. The first-order valence-corrected chi connectivity index (χ1v) is 5.38. The van der Waals surface area contributed by atoms with Crippen molar-refractivity contribution >= 4 is 5.78 Å². The number of carbonyl (C=O) groups is 1. The Morgan fingerprint density at radius 3 is 2.92 bits per heavy atom. The number of carbonyl (C=O) groups excluding carboxylic acids is 1. The number of hydrogen-bond donors (Lipinski definition) is 0. The van der Waals surface area contributed by atoms with Crippen LogP contribution in [0.3, 0.4) is 0 Å². The zero-order valence-electron chi connectivity index (χ0n) is 8.60. The lowest BCUT2D eigenvalue weighted by Crippen LogP contribution is -2.40. The van der Waals surface area contributed by atoms with Crippen molar-refractivity contribution in [3.63, 3.8) is 0 Å². The van der Waals surface area contributed by atoms with Gasteiger partial charge in [-0.2, -0.15) is 0 Å². The van der Waals surface area contributed by atoms with Gasteiger partial charge >= 0.3 is 0 Å². The molecule has 2 atom stereocenters. The molecule has 0 radical (unpaired) electrons. The summed E-state index contributed by atoms with van der Waals surface area (Å²) in [5.41, 5.74) is 1.35. The predicted octanol–water partition coefficient (Wildman–Crippen LogP) is 3.10. The van der Waals surface area contributed by atoms with Gasteiger partial charge in [-0.05, 0) is 38.5 Å². The summed E-state index contributed by atoms with van der Waals surface area (Å²) in [6.07, 6.45) is 7.72. The Kier molecular flexibility index (Phi) is 2.05. The van der Waals surface area contributed by atoms with Crippen LogP contribution in [0.4, 0.5) is 0 Å². The van der Waals surface area contributed by atoms with Crippen molar-refractivity contribution in [2.45, 2.75) is 46.0 Å². The van der Waals surface area contributed by atoms with Crippen LogP contribution in [0.1, 0.15) is 46.0 Å². The van der Waals surface area contributed by atoms with Gasteiger partial charge in [0.1, 0.15) is 5.78 Å². The van der Waals surface area contributed by atoms with E-state index in [2.05, 4.69) is 19.9 Å². The molecule has 0 bridgehead atoms. The SMILES string of the molecule is CC1CCC=C2CCCC(=O)C21C. The molecule has 0 aromatic carbocycles. The van der Waals surface area contributed by atoms with E-state index in [9.17, 15) is 4.79 Å². The summed E-state index contributed by atoms with van der Waals surface area (Å²) in [6, 6.07) is 0. The molecule has 0 aromatic heterocycles. The molecule has 1 nitrogen and oxygen atoms in total. The van der Waals surface area contributed by atoms with Crippen molar-refractivity contribution in [3.05, 3.63) is 11.6 Å². The van der Waals surface area contributed by atoms with E-state index in [1.54, 1.807) is 0 Å². The summed E-state index contributed by atoms with van der Waals surface area (Å²) in [5, 5.41) is 0. The molecule has 2 aliphatic rings. The van der Waals surface area contributed by atoms with Crippen LogP contribution in [0.25, 0.3) is 0 Å². The Morgan fingerprint density at radius 2 is 2.23 bits per heavy atom. The van der Waals surface area contributed by atoms with Crippen molar-refractivity contribution in [3.8, 4) is 0 Å². The summed E-state index contributed by atoms with van der Waals surface area (Å²) in [5.74, 6) is 1.04. The van der Waals surface area contributed by atoms with E-state index in [0.29, 0.717) is 11.7 Å². The molecule has 0 heterocycles. The molecule has 0 aromatic rings. The van der Waals surface area contributed by atoms with Crippen LogP contribution in [0.15, 0.2) is 11.6 Å². The minimum Gasteiger partial charge on any atom is -0.299 e. The van der Waals surface area contributed by atoms with Crippen molar-refractivity contribution in [2.75, 3.05) is 0 Å². The van der Waals surface area contributed by atoms with E-state index in [-0.39, 0.29) is 5.41 Å². The summed E-state index contributed by atoms with van der Waals surface area (Å²) >= 11 is 0. The summed E-state index contributed by atoms with van der Waals surface area (Å²) in [4.78, 5) is 11.9. The first-order chi connectivity index (χ1) is 6.15. The van der Waals surface area contributed by atoms with Gasteiger partial charge in [-0.1, -0.05) is 18.6 Å². The first kappa shape index (κ1) is 8.98. The number of ketones is 1. The molecule has 2 unspecified atom stereocenters. The smallest absolute Gasteiger partial charge is 0.143 e. The third kappa shape index (κ3) is 1.17. The largest absolute Gasteiger partial charge is 0.299 e. The molecule has 0 saturated heterocycles. The summed E-state index contributed by atoms with van der Waals surface area (Å²) in [7, 11) is 0. The number of fused-ring (bicyclic) bond motifs is 1. The van der Waals surface area contributed by atoms with Gasteiger partial charge in [0.2, 0.25) is 0 Å². The molecule has 0 aliphatic heterocycles. The normalized spacial score (nSPS) is 39.7. The highest BCUT2D eigenvalue weighted by atomic mass is 16.1. The van der Waals surface area contributed by atoms with Crippen LogP contribution in [-0.4, -0.2) is 5.78 Å². The second-order valence-electron chi connectivity index (χ2n) is 4.69. The van der Waals surface area contributed by atoms with E-state index in [0.717, 1.165) is 19.3 Å². The van der Waals surface area contributed by atoms with Crippen LogP contribution < -0.4 is 0 Å². The minimum atomic E-state index is -0.0868. The molecule has 1 saturated carbocycles. The Bertz CT molecular complexity index is 264. The van der Waals surface area contributed by atoms with E-state index >= 15 is 0 Å². The van der Waals surface area contributed by atoms with Gasteiger partial charge in [0.25, 0.3) is 0 Å². The van der Waals surface area contributed by atoms with Gasteiger partial charge in [0.15, 0.2) is 0 Å². The number of Topliss-reactive ketones (excluding diaryl/α,β-unsaturated/α-hetero) is 1. The predicted molar refractivity (Wildman–Crippen MR) is 53.4 cm³/mol. The fourth-order valence-electron chi connectivity index (χ4n) is 2.84. The van der Waals surface area contributed by atoms with Crippen molar-refractivity contribution in [2.24, 2.45) is 11.3 Å². The van der Waals surface area contributed by atoms with Crippen molar-refractivity contribution in [1.29, 1.82) is 0 Å². The molecule has 72 valence electrons. The topological polar surface area (TPSA) is 17.1 Å². The van der Waals surface area contributed by atoms with Crippen molar-refractivity contribution < 1.29 is 4.79 Å². The zero-order valence-corrected chi connectivity index (χ0v) is 8.60. The maximum Gasteiger partial charge on any atom is 0.143 e. The van der Waals surface area contributed by atoms with Gasteiger partial charge in [0.05, 0.1) is 0 Å². The average molecular weight is 178 g/mol. The van der Waals surface area contributed by atoms with E-state index in [4.69, 9.17) is 0 Å². The molecule has 2 rings (SSSR count). The van der Waals surface area contributed by atoms with Gasteiger partial charge in [-0.3, -0.25) is 4.79 Å². The lowest BCUT2D eigenvalue weighted by Gasteiger charge is -2.42. The third-order valence-electron chi connectivity index (χ3n) is 4.07. The molecule has 1 heteroatoms. The fraction of sp³-hybridized carbons (Fsp3) is 0.750. The van der Waals surface area contributed by atoms with E-state index in [1.165, 1.54) is 18.4 Å². The van der Waals surface area contributed by atoms with Crippen LogP contribution >= 0.6 is 0 Å². The number of hydrogen-bond acceptors (Lipinski definition) is 1. The van der Waals surface area contributed by atoms with Crippen LogP contribution in [0.2, 0.25) is 0 Å². The van der Waals surface area contributed by atoms with Crippen LogP contribution in [0, 0.1) is 11.3 Å². The highest BCUT2D eigenvalue weighted by Gasteiger charge is 2.44. The molecule has 2 aliphatic carbocycles. The molecule has 0 amide bonds. The van der Waals surface area contributed by atoms with Crippen LogP contribution in [-0.2, 0) is 4.79 Å². The van der Waals surface area contributed by atoms with Crippen LogP contribution in [0.5, 0.6) is 0 Å². The highest BCUT2D eigenvalue weighted by molar-refractivity contribution is 5.89. The number of rotatable bonds is 0. The average Bonchev–Trinajstić information content (AvgIpc) is 2.10. The maximum absolute atomic E-state index is 11.9.